The minimum Gasteiger partial charge on any atom is -0.419 e. The molecular weight excluding hydrogens is 480 g/mol. The van der Waals surface area contributed by atoms with E-state index in [4.69, 9.17) is 20.8 Å². The summed E-state index contributed by atoms with van der Waals surface area (Å²) in [6, 6.07) is 13.1. The highest BCUT2D eigenvalue weighted by Crippen LogP contribution is 2.26. The van der Waals surface area contributed by atoms with E-state index in [1.165, 1.54) is 28.6 Å². The van der Waals surface area contributed by atoms with Crippen LogP contribution < -0.4 is 0 Å². The lowest BCUT2D eigenvalue weighted by atomic mass is 10.2. The van der Waals surface area contributed by atoms with Crippen LogP contribution in [-0.2, 0) is 21.3 Å². The number of carbonyl (C=O) groups is 1. The van der Waals surface area contributed by atoms with Crippen LogP contribution in [0.15, 0.2) is 57.8 Å². The number of ether oxygens (including phenoxy) is 1. The molecule has 0 N–H and O–H groups in total. The summed E-state index contributed by atoms with van der Waals surface area (Å²) >= 11 is 6.20. The molecule has 4 rings (SSSR count). The predicted molar refractivity (Wildman–Crippen MR) is 126 cm³/mol. The number of nitrogens with zero attached hydrogens (tertiary/aromatic N) is 4. The molecule has 2 heterocycles. The van der Waals surface area contributed by atoms with E-state index in [1.807, 2.05) is 19.1 Å². The molecule has 1 aliphatic rings. The lowest BCUT2D eigenvalue weighted by Crippen LogP contribution is -2.40. The maximum Gasteiger partial charge on any atom is 0.254 e. The van der Waals surface area contributed by atoms with Crippen LogP contribution in [0.3, 0.4) is 0 Å². The van der Waals surface area contributed by atoms with Crippen LogP contribution in [0.2, 0.25) is 5.02 Å². The highest BCUT2D eigenvalue weighted by molar-refractivity contribution is 7.89. The van der Waals surface area contributed by atoms with Gasteiger partial charge < -0.3 is 14.1 Å². The zero-order valence-corrected chi connectivity index (χ0v) is 20.3. The molecule has 0 radical (unpaired) electrons. The van der Waals surface area contributed by atoms with E-state index in [2.05, 4.69) is 10.2 Å². The molecule has 11 heteroatoms. The minimum atomic E-state index is -3.63. The van der Waals surface area contributed by atoms with Gasteiger partial charge in [0.2, 0.25) is 21.8 Å². The standard InChI is InChI=1S/C23H25ClN4O5S/c1-2-11-27(16-21-25-26-22(33-21)19-5-3-4-6-20(19)24)23(29)17-7-9-18(10-8-17)34(30,31)28-12-14-32-15-13-28/h3-10H,2,11-16H2,1H3. The van der Waals surface area contributed by atoms with Crippen molar-refractivity contribution < 1.29 is 22.4 Å². The third-order valence-corrected chi connectivity index (χ3v) is 7.63. The number of aromatic nitrogens is 2. The van der Waals surface area contributed by atoms with Crippen LogP contribution in [-0.4, -0.2) is 66.6 Å². The molecule has 180 valence electrons. The maximum absolute atomic E-state index is 13.2. The third-order valence-electron chi connectivity index (χ3n) is 5.39. The Hall–Kier alpha value is -2.79. The summed E-state index contributed by atoms with van der Waals surface area (Å²) in [5.74, 6) is 0.306. The zero-order chi connectivity index (χ0) is 24.1. The van der Waals surface area contributed by atoms with Crippen LogP contribution in [0.25, 0.3) is 11.5 Å². The van der Waals surface area contributed by atoms with Crippen molar-refractivity contribution in [2.75, 3.05) is 32.8 Å². The molecule has 0 bridgehead atoms. The lowest BCUT2D eigenvalue weighted by molar-refractivity contribution is 0.0728. The van der Waals surface area contributed by atoms with Gasteiger partial charge in [0.05, 0.1) is 35.2 Å². The first kappa shape index (κ1) is 24.3. The third kappa shape index (κ3) is 5.30. The van der Waals surface area contributed by atoms with Gasteiger partial charge in [0.25, 0.3) is 5.91 Å². The Labute approximate surface area is 203 Å². The van der Waals surface area contributed by atoms with Crippen molar-refractivity contribution >= 4 is 27.5 Å². The van der Waals surface area contributed by atoms with E-state index in [-0.39, 0.29) is 29.1 Å². The summed E-state index contributed by atoms with van der Waals surface area (Å²) in [4.78, 5) is 14.9. The quantitative estimate of drug-likeness (QED) is 0.462. The van der Waals surface area contributed by atoms with Crippen molar-refractivity contribution in [2.24, 2.45) is 0 Å². The number of rotatable bonds is 8. The second-order valence-electron chi connectivity index (χ2n) is 7.75. The molecule has 1 fully saturated rings. The zero-order valence-electron chi connectivity index (χ0n) is 18.7. The minimum absolute atomic E-state index is 0.123. The molecule has 2 aromatic carbocycles. The molecule has 34 heavy (non-hydrogen) atoms. The molecule has 9 nitrogen and oxygen atoms in total. The van der Waals surface area contributed by atoms with Crippen molar-refractivity contribution in [3.63, 3.8) is 0 Å². The first-order chi connectivity index (χ1) is 16.4. The van der Waals surface area contributed by atoms with Crippen molar-refractivity contribution in [3.05, 3.63) is 65.0 Å². The predicted octanol–water partition coefficient (Wildman–Crippen LogP) is 3.46. The van der Waals surface area contributed by atoms with Crippen molar-refractivity contribution in [1.82, 2.24) is 19.4 Å². The van der Waals surface area contributed by atoms with Crippen LogP contribution >= 0.6 is 11.6 Å². The van der Waals surface area contributed by atoms with Crippen LogP contribution in [0.1, 0.15) is 29.6 Å². The lowest BCUT2D eigenvalue weighted by Gasteiger charge is -2.26. The number of morpholine rings is 1. The number of sulfonamides is 1. The van der Waals surface area contributed by atoms with Gasteiger partial charge in [-0.1, -0.05) is 30.7 Å². The second-order valence-corrected chi connectivity index (χ2v) is 10.1. The normalized spacial score (nSPS) is 14.8. The number of hydrogen-bond donors (Lipinski definition) is 0. The van der Waals surface area contributed by atoms with Gasteiger partial charge in [-0.25, -0.2) is 8.42 Å². The maximum atomic E-state index is 13.2. The summed E-state index contributed by atoms with van der Waals surface area (Å²) in [6.45, 7) is 3.92. The van der Waals surface area contributed by atoms with Crippen LogP contribution in [0, 0.1) is 0 Å². The van der Waals surface area contributed by atoms with Crippen molar-refractivity contribution in [1.29, 1.82) is 0 Å². The SMILES string of the molecule is CCCN(Cc1nnc(-c2ccccc2Cl)o1)C(=O)c1ccc(S(=O)(=O)N2CCOCC2)cc1. The molecule has 0 atom stereocenters. The van der Waals surface area contributed by atoms with Gasteiger partial charge in [0.15, 0.2) is 0 Å². The first-order valence-corrected chi connectivity index (χ1v) is 12.8. The number of carbonyl (C=O) groups excluding carboxylic acids is 1. The topological polar surface area (TPSA) is 106 Å². The van der Waals surface area contributed by atoms with Crippen LogP contribution in [0.4, 0.5) is 0 Å². The Morgan fingerprint density at radius 1 is 1.09 bits per heavy atom. The van der Waals surface area contributed by atoms with Gasteiger partial charge in [-0.15, -0.1) is 10.2 Å². The molecule has 0 saturated carbocycles. The molecule has 0 spiro atoms. The number of hydrogen-bond acceptors (Lipinski definition) is 7. The number of halogens is 1. The number of amides is 1. The highest BCUT2D eigenvalue weighted by atomic mass is 35.5. The van der Waals surface area contributed by atoms with E-state index in [1.54, 1.807) is 17.0 Å². The molecule has 1 aromatic heterocycles. The monoisotopic (exact) mass is 504 g/mol. The molecule has 0 aliphatic carbocycles. The molecule has 1 amide bonds. The van der Waals surface area contributed by atoms with Gasteiger partial charge in [-0.3, -0.25) is 4.79 Å². The summed E-state index contributed by atoms with van der Waals surface area (Å²) < 4.78 is 38.0. The fraction of sp³-hybridized carbons (Fsp3) is 0.348. The van der Waals surface area contributed by atoms with Gasteiger partial charge in [0, 0.05) is 25.2 Å². The Balaban J connectivity index is 1.49. The summed E-state index contributed by atoms with van der Waals surface area (Å²) in [5.41, 5.74) is 0.994. The van der Waals surface area contributed by atoms with E-state index in [0.717, 1.165) is 6.42 Å². The van der Waals surface area contributed by atoms with Crippen molar-refractivity contribution in [2.45, 2.75) is 24.8 Å². The Bertz CT molecular complexity index is 1240. The van der Waals surface area contributed by atoms with E-state index in [0.29, 0.717) is 49.0 Å². The molecule has 0 unspecified atom stereocenters. The second kappa shape index (κ2) is 10.6. The summed E-state index contributed by atoms with van der Waals surface area (Å²) in [6.07, 6.45) is 0.723. The van der Waals surface area contributed by atoms with E-state index >= 15 is 0 Å². The van der Waals surface area contributed by atoms with Crippen LogP contribution in [0.5, 0.6) is 0 Å². The van der Waals surface area contributed by atoms with Crippen molar-refractivity contribution in [3.8, 4) is 11.5 Å². The summed E-state index contributed by atoms with van der Waals surface area (Å²) in [5, 5.41) is 8.61. The first-order valence-electron chi connectivity index (χ1n) is 10.9. The van der Waals surface area contributed by atoms with E-state index in [9.17, 15) is 13.2 Å². The van der Waals surface area contributed by atoms with Gasteiger partial charge in [0.1, 0.15) is 0 Å². The highest BCUT2D eigenvalue weighted by Gasteiger charge is 2.27. The number of benzene rings is 2. The Morgan fingerprint density at radius 2 is 1.79 bits per heavy atom. The molecular formula is C23H25ClN4O5S. The van der Waals surface area contributed by atoms with Gasteiger partial charge in [-0.2, -0.15) is 4.31 Å². The fourth-order valence-electron chi connectivity index (χ4n) is 3.63. The van der Waals surface area contributed by atoms with Gasteiger partial charge in [-0.05, 0) is 42.8 Å². The largest absolute Gasteiger partial charge is 0.419 e. The smallest absolute Gasteiger partial charge is 0.254 e. The Kier molecular flexibility index (Phi) is 7.62. The molecule has 1 saturated heterocycles. The fourth-order valence-corrected chi connectivity index (χ4v) is 5.26. The summed E-state index contributed by atoms with van der Waals surface area (Å²) in [7, 11) is -3.63. The average molecular weight is 505 g/mol. The Morgan fingerprint density at radius 3 is 2.47 bits per heavy atom. The molecule has 3 aromatic rings. The van der Waals surface area contributed by atoms with Gasteiger partial charge >= 0.3 is 0 Å². The average Bonchev–Trinajstić information content (AvgIpc) is 3.32. The molecule has 1 aliphatic heterocycles. The van der Waals surface area contributed by atoms with E-state index < -0.39 is 10.0 Å².